The van der Waals surface area contributed by atoms with Gasteiger partial charge in [0, 0.05) is 31.0 Å². The van der Waals surface area contributed by atoms with Crippen molar-refractivity contribution in [2.75, 3.05) is 26.3 Å². The average Bonchev–Trinajstić information content (AvgIpc) is 2.43. The molecule has 0 atom stereocenters. The van der Waals surface area contributed by atoms with E-state index in [0.29, 0.717) is 30.8 Å². The zero-order chi connectivity index (χ0) is 14.6. The van der Waals surface area contributed by atoms with Crippen molar-refractivity contribution in [3.63, 3.8) is 0 Å². The summed E-state index contributed by atoms with van der Waals surface area (Å²) in [5, 5.41) is 8.68. The van der Waals surface area contributed by atoms with Gasteiger partial charge in [-0.15, -0.1) is 0 Å². The number of amides is 1. The molecule has 0 unspecified atom stereocenters. The molecule has 20 heavy (non-hydrogen) atoms. The van der Waals surface area contributed by atoms with Crippen molar-refractivity contribution in [1.82, 2.24) is 9.88 Å². The second kappa shape index (κ2) is 6.04. The largest absolute Gasteiger partial charge is 0.384 e. The lowest BCUT2D eigenvalue weighted by Crippen LogP contribution is -2.50. The van der Waals surface area contributed by atoms with Crippen LogP contribution < -0.4 is 0 Å². The van der Waals surface area contributed by atoms with Gasteiger partial charge < -0.3 is 14.7 Å². The third kappa shape index (κ3) is 3.56. The van der Waals surface area contributed by atoms with Gasteiger partial charge in [-0.1, -0.05) is 11.8 Å². The van der Waals surface area contributed by atoms with Crippen LogP contribution in [0, 0.1) is 11.8 Å². The number of aliphatic hydroxyl groups is 1. The quantitative estimate of drug-likeness (QED) is 0.765. The van der Waals surface area contributed by atoms with Gasteiger partial charge in [-0.2, -0.15) is 0 Å². The normalized spacial score (nSPS) is 17.2. The molecule has 2 rings (SSSR count). The summed E-state index contributed by atoms with van der Waals surface area (Å²) in [6, 6.07) is 1.69. The summed E-state index contributed by atoms with van der Waals surface area (Å²) in [6.07, 6.45) is 3.11. The van der Waals surface area contributed by atoms with E-state index < -0.39 is 0 Å². The lowest BCUT2D eigenvalue weighted by Gasteiger charge is -2.38. The van der Waals surface area contributed by atoms with E-state index in [2.05, 4.69) is 16.8 Å². The first-order chi connectivity index (χ1) is 9.52. The molecule has 0 bridgehead atoms. The molecular weight excluding hydrogens is 256 g/mol. The predicted molar refractivity (Wildman–Crippen MR) is 74.1 cm³/mol. The molecule has 0 saturated carbocycles. The van der Waals surface area contributed by atoms with Crippen molar-refractivity contribution < 1.29 is 14.6 Å². The van der Waals surface area contributed by atoms with Crippen molar-refractivity contribution in [3.8, 4) is 11.8 Å². The number of aliphatic hydroxyl groups excluding tert-OH is 1. The van der Waals surface area contributed by atoms with Gasteiger partial charge in [0.25, 0.3) is 5.91 Å². The number of rotatable bonds is 1. The summed E-state index contributed by atoms with van der Waals surface area (Å²) in [5.74, 6) is 5.23. The van der Waals surface area contributed by atoms with Gasteiger partial charge in [-0.3, -0.25) is 9.78 Å². The van der Waals surface area contributed by atoms with Gasteiger partial charge in [-0.05, 0) is 19.9 Å². The maximum Gasteiger partial charge on any atom is 0.255 e. The van der Waals surface area contributed by atoms with Crippen LogP contribution >= 0.6 is 0 Å². The summed E-state index contributed by atoms with van der Waals surface area (Å²) >= 11 is 0. The van der Waals surface area contributed by atoms with E-state index in [1.165, 1.54) is 6.20 Å². The van der Waals surface area contributed by atoms with Gasteiger partial charge in [0.1, 0.15) is 6.61 Å². The Bertz CT molecular complexity index is 558. The summed E-state index contributed by atoms with van der Waals surface area (Å²) < 4.78 is 5.60. The molecule has 0 aliphatic carbocycles. The van der Waals surface area contributed by atoms with Crippen LogP contribution in [0.2, 0.25) is 0 Å². The molecule has 0 aromatic carbocycles. The van der Waals surface area contributed by atoms with E-state index in [-0.39, 0.29) is 18.1 Å². The molecule has 1 aromatic heterocycles. The Kier molecular flexibility index (Phi) is 4.38. The Labute approximate surface area is 118 Å². The smallest absolute Gasteiger partial charge is 0.255 e. The average molecular weight is 274 g/mol. The standard InChI is InChI=1S/C15H18N2O3/c1-15(2)11-17(5-7-20-15)14(19)13-8-12(4-3-6-18)9-16-10-13/h8-10,18H,5-7,11H2,1-2H3. The molecule has 1 aromatic rings. The molecule has 2 heterocycles. The maximum atomic E-state index is 12.4. The number of aromatic nitrogens is 1. The van der Waals surface area contributed by atoms with E-state index in [4.69, 9.17) is 9.84 Å². The summed E-state index contributed by atoms with van der Waals surface area (Å²) in [5.41, 5.74) is 0.806. The highest BCUT2D eigenvalue weighted by Gasteiger charge is 2.30. The van der Waals surface area contributed by atoms with Crippen LogP contribution in [0.1, 0.15) is 29.8 Å². The molecule has 0 spiro atoms. The Morgan fingerprint density at radius 1 is 1.55 bits per heavy atom. The molecule has 106 valence electrons. The highest BCUT2D eigenvalue weighted by Crippen LogP contribution is 2.18. The zero-order valence-corrected chi connectivity index (χ0v) is 11.7. The molecule has 1 fully saturated rings. The lowest BCUT2D eigenvalue weighted by atomic mass is 10.1. The van der Waals surface area contributed by atoms with Gasteiger partial charge in [0.05, 0.1) is 17.8 Å². The Balaban J connectivity index is 2.16. The minimum absolute atomic E-state index is 0.0680. The summed E-state index contributed by atoms with van der Waals surface area (Å²) in [7, 11) is 0. The Hall–Kier alpha value is -1.90. The molecule has 1 aliphatic heterocycles. The van der Waals surface area contributed by atoms with Crippen molar-refractivity contribution in [2.45, 2.75) is 19.4 Å². The monoisotopic (exact) mass is 274 g/mol. The number of pyridine rings is 1. The van der Waals surface area contributed by atoms with E-state index in [9.17, 15) is 4.79 Å². The number of hydrogen-bond donors (Lipinski definition) is 1. The Morgan fingerprint density at radius 2 is 2.35 bits per heavy atom. The van der Waals surface area contributed by atoms with E-state index in [1.807, 2.05) is 13.8 Å². The minimum Gasteiger partial charge on any atom is -0.384 e. The second-order valence-electron chi connectivity index (χ2n) is 5.26. The third-order valence-corrected chi connectivity index (χ3v) is 3.01. The molecule has 1 amide bonds. The second-order valence-corrected chi connectivity index (χ2v) is 5.26. The molecule has 5 heteroatoms. The van der Waals surface area contributed by atoms with E-state index in [0.717, 1.165) is 0 Å². The van der Waals surface area contributed by atoms with Crippen LogP contribution in [0.4, 0.5) is 0 Å². The molecule has 1 aliphatic rings. The van der Waals surface area contributed by atoms with Crippen LogP contribution in [-0.2, 0) is 4.74 Å². The predicted octanol–water partition coefficient (Wildman–Crippen LogP) is 0.676. The van der Waals surface area contributed by atoms with Crippen molar-refractivity contribution in [1.29, 1.82) is 0 Å². The number of morpholine rings is 1. The van der Waals surface area contributed by atoms with Gasteiger partial charge >= 0.3 is 0 Å². The van der Waals surface area contributed by atoms with Gasteiger partial charge in [0.15, 0.2) is 0 Å². The van der Waals surface area contributed by atoms with Crippen LogP contribution in [0.25, 0.3) is 0 Å². The molecule has 0 radical (unpaired) electrons. The van der Waals surface area contributed by atoms with Crippen LogP contribution in [0.15, 0.2) is 18.5 Å². The fourth-order valence-electron chi connectivity index (χ4n) is 2.14. The minimum atomic E-state index is -0.324. The fraction of sp³-hybridized carbons (Fsp3) is 0.467. The number of nitrogens with zero attached hydrogens (tertiary/aromatic N) is 2. The zero-order valence-electron chi connectivity index (χ0n) is 11.7. The molecule has 1 saturated heterocycles. The highest BCUT2D eigenvalue weighted by atomic mass is 16.5. The SMILES string of the molecule is CC1(C)CN(C(=O)c2cncc(C#CCO)c2)CCO1. The maximum absolute atomic E-state index is 12.4. The van der Waals surface area contributed by atoms with Crippen LogP contribution in [0.3, 0.4) is 0 Å². The Morgan fingerprint density at radius 3 is 3.05 bits per heavy atom. The number of carbonyl (C=O) groups is 1. The number of ether oxygens (including phenoxy) is 1. The fourth-order valence-corrected chi connectivity index (χ4v) is 2.14. The topological polar surface area (TPSA) is 62.7 Å². The highest BCUT2D eigenvalue weighted by molar-refractivity contribution is 5.94. The molecular formula is C15H18N2O3. The van der Waals surface area contributed by atoms with Crippen molar-refractivity contribution >= 4 is 5.91 Å². The summed E-state index contributed by atoms with van der Waals surface area (Å²) in [4.78, 5) is 18.2. The molecule has 5 nitrogen and oxygen atoms in total. The van der Waals surface area contributed by atoms with Crippen molar-refractivity contribution in [3.05, 3.63) is 29.6 Å². The molecule has 1 N–H and O–H groups in total. The summed E-state index contributed by atoms with van der Waals surface area (Å²) in [6.45, 7) is 5.39. The van der Waals surface area contributed by atoms with Crippen LogP contribution in [-0.4, -0.2) is 52.8 Å². The first-order valence-corrected chi connectivity index (χ1v) is 6.50. The van der Waals surface area contributed by atoms with Gasteiger partial charge in [0.2, 0.25) is 0 Å². The van der Waals surface area contributed by atoms with E-state index >= 15 is 0 Å². The first-order valence-electron chi connectivity index (χ1n) is 6.50. The van der Waals surface area contributed by atoms with Gasteiger partial charge in [-0.25, -0.2) is 0 Å². The third-order valence-electron chi connectivity index (χ3n) is 3.01. The number of hydrogen-bond acceptors (Lipinski definition) is 4. The van der Waals surface area contributed by atoms with Crippen LogP contribution in [0.5, 0.6) is 0 Å². The van der Waals surface area contributed by atoms with Crippen molar-refractivity contribution in [2.24, 2.45) is 0 Å². The lowest BCUT2D eigenvalue weighted by molar-refractivity contribution is -0.0764. The van der Waals surface area contributed by atoms with E-state index in [1.54, 1.807) is 17.2 Å². The first kappa shape index (κ1) is 14.5. The number of carbonyl (C=O) groups excluding carboxylic acids is 1.